The second kappa shape index (κ2) is 6.93. The molecule has 0 aliphatic rings. The number of thioether (sulfide) groups is 1. The van der Waals surface area contributed by atoms with Crippen LogP contribution in [0.4, 0.5) is 0 Å². The number of aryl methyl sites for hydroxylation is 1. The molecule has 0 heterocycles. The molecular formula is C14H20O4S. The lowest BCUT2D eigenvalue weighted by Gasteiger charge is -2.27. The van der Waals surface area contributed by atoms with E-state index in [1.807, 2.05) is 32.0 Å². The van der Waals surface area contributed by atoms with Gasteiger partial charge in [-0.15, -0.1) is 11.8 Å². The number of hydrogen-bond acceptors (Lipinski definition) is 5. The van der Waals surface area contributed by atoms with Crippen molar-refractivity contribution >= 4 is 17.7 Å². The fourth-order valence-corrected chi connectivity index (χ4v) is 2.45. The number of benzene rings is 1. The van der Waals surface area contributed by atoms with Gasteiger partial charge in [-0.05, 0) is 25.5 Å². The molecule has 0 saturated heterocycles. The minimum absolute atomic E-state index is 0.240. The van der Waals surface area contributed by atoms with E-state index >= 15 is 0 Å². The topological polar surface area (TPSA) is 44.8 Å². The van der Waals surface area contributed by atoms with E-state index in [1.54, 1.807) is 14.2 Å². The summed E-state index contributed by atoms with van der Waals surface area (Å²) in [4.78, 5) is 12.2. The third-order valence-electron chi connectivity index (χ3n) is 3.06. The summed E-state index contributed by atoms with van der Waals surface area (Å²) in [6, 6.07) is 5.94. The molecule has 0 unspecified atom stereocenters. The first-order chi connectivity index (χ1) is 8.96. The Balaban J connectivity index is 2.97. The molecule has 5 heteroatoms. The molecule has 0 aromatic heterocycles. The SMILES string of the molecule is COC(=O)CSc1cc(C(C)(OC)OC)ccc1C. The fourth-order valence-electron chi connectivity index (χ4n) is 1.55. The van der Waals surface area contributed by atoms with Gasteiger partial charge in [-0.2, -0.15) is 0 Å². The third kappa shape index (κ3) is 3.96. The summed E-state index contributed by atoms with van der Waals surface area (Å²) in [5.41, 5.74) is 2.02. The maximum Gasteiger partial charge on any atom is 0.315 e. The monoisotopic (exact) mass is 284 g/mol. The zero-order chi connectivity index (χ0) is 14.5. The molecule has 1 aromatic carbocycles. The summed E-state index contributed by atoms with van der Waals surface area (Å²) in [6.45, 7) is 3.85. The lowest BCUT2D eigenvalue weighted by atomic mass is 10.1. The Morgan fingerprint density at radius 1 is 1.26 bits per heavy atom. The standard InChI is InChI=1S/C14H20O4S/c1-10-6-7-11(14(2,17-4)18-5)8-12(10)19-9-13(15)16-3/h6-8H,9H2,1-5H3. The Kier molecular flexibility index (Phi) is 5.85. The van der Waals surface area contributed by atoms with Crippen LogP contribution in [0.3, 0.4) is 0 Å². The summed E-state index contributed by atoms with van der Waals surface area (Å²) >= 11 is 1.45. The van der Waals surface area contributed by atoms with Gasteiger partial charge in [0.05, 0.1) is 12.9 Å². The quantitative estimate of drug-likeness (QED) is 0.456. The van der Waals surface area contributed by atoms with Crippen molar-refractivity contribution in [1.82, 2.24) is 0 Å². The van der Waals surface area contributed by atoms with Crippen LogP contribution in [0.5, 0.6) is 0 Å². The molecule has 106 valence electrons. The molecule has 0 aliphatic carbocycles. The first-order valence-corrected chi connectivity index (χ1v) is 6.86. The van der Waals surface area contributed by atoms with Crippen LogP contribution in [-0.4, -0.2) is 33.1 Å². The zero-order valence-electron chi connectivity index (χ0n) is 12.0. The van der Waals surface area contributed by atoms with Gasteiger partial charge in [-0.25, -0.2) is 0 Å². The summed E-state index contributed by atoms with van der Waals surface area (Å²) < 4.78 is 15.4. The fraction of sp³-hybridized carbons (Fsp3) is 0.500. The smallest absolute Gasteiger partial charge is 0.315 e. The van der Waals surface area contributed by atoms with E-state index in [0.29, 0.717) is 0 Å². The molecule has 0 radical (unpaired) electrons. The Morgan fingerprint density at radius 3 is 2.42 bits per heavy atom. The van der Waals surface area contributed by atoms with E-state index in [-0.39, 0.29) is 11.7 Å². The van der Waals surface area contributed by atoms with Crippen LogP contribution >= 0.6 is 11.8 Å². The third-order valence-corrected chi connectivity index (χ3v) is 4.20. The van der Waals surface area contributed by atoms with Crippen molar-refractivity contribution in [2.75, 3.05) is 27.1 Å². The molecule has 1 aromatic rings. The lowest BCUT2D eigenvalue weighted by Crippen LogP contribution is -2.26. The van der Waals surface area contributed by atoms with Crippen LogP contribution in [0.2, 0.25) is 0 Å². The number of carbonyl (C=O) groups excluding carboxylic acids is 1. The summed E-state index contributed by atoms with van der Waals surface area (Å²) in [7, 11) is 4.59. The van der Waals surface area contributed by atoms with E-state index in [2.05, 4.69) is 4.74 Å². The summed E-state index contributed by atoms with van der Waals surface area (Å²) in [5, 5.41) is 0. The van der Waals surface area contributed by atoms with E-state index in [9.17, 15) is 4.79 Å². The van der Waals surface area contributed by atoms with Gasteiger partial charge in [-0.3, -0.25) is 4.79 Å². The molecule has 1 rings (SSSR count). The molecule has 0 saturated carbocycles. The normalized spacial score (nSPS) is 11.4. The number of rotatable bonds is 6. The molecular weight excluding hydrogens is 264 g/mol. The second-order valence-electron chi connectivity index (χ2n) is 4.20. The van der Waals surface area contributed by atoms with Gasteiger partial charge in [0.25, 0.3) is 0 Å². The van der Waals surface area contributed by atoms with Crippen molar-refractivity contribution in [3.05, 3.63) is 29.3 Å². The van der Waals surface area contributed by atoms with Crippen LogP contribution in [-0.2, 0) is 24.8 Å². The predicted molar refractivity (Wildman–Crippen MR) is 75.3 cm³/mol. The van der Waals surface area contributed by atoms with E-state index < -0.39 is 5.79 Å². The van der Waals surface area contributed by atoms with Gasteiger partial charge in [0, 0.05) is 24.7 Å². The van der Waals surface area contributed by atoms with Gasteiger partial charge >= 0.3 is 5.97 Å². The van der Waals surface area contributed by atoms with Crippen molar-refractivity contribution in [2.24, 2.45) is 0 Å². The average Bonchev–Trinajstić information content (AvgIpc) is 2.45. The highest BCUT2D eigenvalue weighted by Crippen LogP contribution is 2.31. The van der Waals surface area contributed by atoms with Crippen LogP contribution in [0.25, 0.3) is 0 Å². The van der Waals surface area contributed by atoms with Gasteiger partial charge in [0.1, 0.15) is 0 Å². The second-order valence-corrected chi connectivity index (χ2v) is 5.22. The Hall–Kier alpha value is -1.04. The number of ether oxygens (including phenoxy) is 3. The number of carbonyl (C=O) groups is 1. The van der Waals surface area contributed by atoms with Gasteiger partial charge in [-0.1, -0.05) is 12.1 Å². The van der Waals surface area contributed by atoms with Crippen molar-refractivity contribution in [2.45, 2.75) is 24.5 Å². The van der Waals surface area contributed by atoms with Crippen molar-refractivity contribution in [3.63, 3.8) is 0 Å². The summed E-state index contributed by atoms with van der Waals surface area (Å²) in [6.07, 6.45) is 0. The number of methoxy groups -OCH3 is 3. The lowest BCUT2D eigenvalue weighted by molar-refractivity contribution is -0.201. The molecule has 0 aliphatic heterocycles. The predicted octanol–water partition coefficient (Wildman–Crippen LogP) is 2.73. The highest BCUT2D eigenvalue weighted by molar-refractivity contribution is 8.00. The van der Waals surface area contributed by atoms with Crippen molar-refractivity contribution < 1.29 is 19.0 Å². The molecule has 19 heavy (non-hydrogen) atoms. The number of esters is 1. The van der Waals surface area contributed by atoms with Crippen molar-refractivity contribution in [1.29, 1.82) is 0 Å². The highest BCUT2D eigenvalue weighted by atomic mass is 32.2. The minimum atomic E-state index is -0.783. The molecule has 0 bridgehead atoms. The van der Waals surface area contributed by atoms with Crippen molar-refractivity contribution in [3.8, 4) is 0 Å². The zero-order valence-corrected chi connectivity index (χ0v) is 12.8. The summed E-state index contributed by atoms with van der Waals surface area (Å²) in [5.74, 6) is -0.734. The molecule has 0 amide bonds. The maximum absolute atomic E-state index is 11.2. The van der Waals surface area contributed by atoms with Crippen LogP contribution in [0.15, 0.2) is 23.1 Å². The van der Waals surface area contributed by atoms with Gasteiger partial charge < -0.3 is 14.2 Å². The van der Waals surface area contributed by atoms with E-state index in [4.69, 9.17) is 9.47 Å². The molecule has 0 fully saturated rings. The largest absolute Gasteiger partial charge is 0.468 e. The number of hydrogen-bond donors (Lipinski definition) is 0. The molecule has 4 nitrogen and oxygen atoms in total. The van der Waals surface area contributed by atoms with E-state index in [0.717, 1.165) is 16.0 Å². The Bertz CT molecular complexity index is 441. The van der Waals surface area contributed by atoms with Crippen LogP contribution in [0, 0.1) is 6.92 Å². The van der Waals surface area contributed by atoms with Gasteiger partial charge in [0.2, 0.25) is 0 Å². The highest BCUT2D eigenvalue weighted by Gasteiger charge is 2.26. The molecule has 0 atom stereocenters. The van der Waals surface area contributed by atoms with Gasteiger partial charge in [0.15, 0.2) is 5.79 Å². The van der Waals surface area contributed by atoms with E-state index in [1.165, 1.54) is 18.9 Å². The first-order valence-electron chi connectivity index (χ1n) is 5.88. The molecule has 0 N–H and O–H groups in total. The molecule has 0 spiro atoms. The van der Waals surface area contributed by atoms with Crippen LogP contribution < -0.4 is 0 Å². The maximum atomic E-state index is 11.2. The minimum Gasteiger partial charge on any atom is -0.468 e. The average molecular weight is 284 g/mol. The Morgan fingerprint density at radius 2 is 1.89 bits per heavy atom. The first kappa shape index (κ1) is 16.0. The Labute approximate surface area is 118 Å². The van der Waals surface area contributed by atoms with Crippen LogP contribution in [0.1, 0.15) is 18.1 Å².